The quantitative estimate of drug-likeness (QED) is 0.251. The molecule has 1 aromatic carbocycles. The fourth-order valence-corrected chi connectivity index (χ4v) is 6.61. The Morgan fingerprint density at radius 1 is 1.12 bits per heavy atom. The number of aliphatic carboxylic acids is 1. The second-order valence-electron chi connectivity index (χ2n) is 13.0. The predicted molar refractivity (Wildman–Crippen MR) is 174 cm³/mol. The molecule has 1 amide bonds. The summed E-state index contributed by atoms with van der Waals surface area (Å²) in [5.74, 6) is -3.01. The molecule has 0 aliphatic carbocycles. The third kappa shape index (κ3) is 6.91. The van der Waals surface area contributed by atoms with Crippen molar-refractivity contribution < 1.29 is 47.2 Å². The molecule has 3 aliphatic heterocycles. The van der Waals surface area contributed by atoms with Crippen LogP contribution in [-0.2, 0) is 39.6 Å². The number of halogens is 3. The molecule has 3 N–H and O–H groups in total. The molecule has 0 spiro atoms. The number of rotatable bonds is 6. The van der Waals surface area contributed by atoms with Crippen LogP contribution < -0.4 is 15.6 Å². The van der Waals surface area contributed by atoms with Crippen molar-refractivity contribution in [2.24, 2.45) is 0 Å². The van der Waals surface area contributed by atoms with Gasteiger partial charge in [-0.15, -0.1) is 0 Å². The Hall–Kier alpha value is -4.54. The van der Waals surface area contributed by atoms with Crippen LogP contribution in [0.25, 0.3) is 22.3 Å². The molecule has 16 heteroatoms. The number of hydrogen-bond acceptors (Lipinski definition) is 10. The monoisotopic (exact) mass is 703 g/mol. The molecule has 0 bridgehead atoms. The summed E-state index contributed by atoms with van der Waals surface area (Å²) in [7, 11) is 0. The van der Waals surface area contributed by atoms with Crippen LogP contribution in [0.3, 0.4) is 0 Å². The predicted octanol–water partition coefficient (Wildman–Crippen LogP) is 3.74. The third-order valence-corrected chi connectivity index (χ3v) is 9.11. The minimum absolute atomic E-state index is 0.0248. The molecule has 3 aromatic rings. The maximum absolute atomic E-state index is 13.6. The van der Waals surface area contributed by atoms with Crippen molar-refractivity contribution >= 4 is 28.9 Å². The zero-order valence-electron chi connectivity index (χ0n) is 28.4. The molecule has 2 aromatic heterocycles. The molecule has 1 atom stereocenters. The zero-order valence-corrected chi connectivity index (χ0v) is 28.4. The number of alkyl halides is 3. The number of hydrogen-bond donors (Lipinski definition) is 3. The summed E-state index contributed by atoms with van der Waals surface area (Å²) in [6.07, 6.45) is -5.40. The van der Waals surface area contributed by atoms with Crippen molar-refractivity contribution in [3.05, 3.63) is 56.9 Å². The topological polar surface area (TPSA) is 164 Å². The van der Waals surface area contributed by atoms with Crippen LogP contribution >= 0.6 is 0 Å². The molecule has 13 nitrogen and oxygen atoms in total. The number of carboxylic acid groups (broad SMARTS) is 1. The van der Waals surface area contributed by atoms with Gasteiger partial charge in [0, 0.05) is 66.9 Å². The average Bonchev–Trinajstić information content (AvgIpc) is 3.41. The zero-order chi connectivity index (χ0) is 36.7. The highest BCUT2D eigenvalue weighted by atomic mass is 19.4. The lowest BCUT2D eigenvalue weighted by Gasteiger charge is -2.31. The molecule has 50 heavy (non-hydrogen) atoms. The number of aliphatic hydroxyl groups is 1. The van der Waals surface area contributed by atoms with Crippen LogP contribution in [0.15, 0.2) is 29.1 Å². The first kappa shape index (κ1) is 36.7. The number of carboxylic acids is 1. The summed E-state index contributed by atoms with van der Waals surface area (Å²) in [6, 6.07) is 7.35. The Labute approximate surface area is 285 Å². The van der Waals surface area contributed by atoms with Crippen LogP contribution in [0.2, 0.25) is 0 Å². The summed E-state index contributed by atoms with van der Waals surface area (Å²) < 4.78 is 44.6. The maximum Gasteiger partial charge on any atom is 0.490 e. The Morgan fingerprint density at radius 3 is 2.34 bits per heavy atom. The van der Waals surface area contributed by atoms with Gasteiger partial charge in [0.1, 0.15) is 12.4 Å². The van der Waals surface area contributed by atoms with E-state index in [0.717, 1.165) is 42.7 Å². The number of pyridine rings is 2. The van der Waals surface area contributed by atoms with Crippen molar-refractivity contribution in [2.75, 3.05) is 26.2 Å². The van der Waals surface area contributed by atoms with Gasteiger partial charge in [0.05, 0.1) is 29.0 Å². The SMILES string of the molecule is CC[C@@]1(O)C(=O)OCc2c1cc1n(c2=O)Cc2cc3c(CN4CCNCC4)c(OC(=O)N(C(C)C)C(C)C)ccc3nc2-1.O=C(O)C(F)(F)F. The Morgan fingerprint density at radius 2 is 1.76 bits per heavy atom. The van der Waals surface area contributed by atoms with E-state index in [9.17, 15) is 32.7 Å². The first-order chi connectivity index (χ1) is 23.5. The van der Waals surface area contributed by atoms with E-state index < -0.39 is 29.8 Å². The molecule has 1 fully saturated rings. The van der Waals surface area contributed by atoms with E-state index in [4.69, 9.17) is 24.4 Å². The summed E-state index contributed by atoms with van der Waals surface area (Å²) in [5.41, 5.74) is 2.02. The normalized spacial score (nSPS) is 18.6. The first-order valence-corrected chi connectivity index (χ1v) is 16.3. The number of carbonyl (C=O) groups is 3. The average molecular weight is 704 g/mol. The molecule has 0 unspecified atom stereocenters. The Kier molecular flexibility index (Phi) is 10.3. The number of aromatic nitrogens is 2. The number of amides is 1. The molecule has 3 aliphatic rings. The number of nitrogens with zero attached hydrogens (tertiary/aromatic N) is 4. The van der Waals surface area contributed by atoms with E-state index >= 15 is 0 Å². The van der Waals surface area contributed by atoms with Crippen LogP contribution in [0.1, 0.15) is 63.3 Å². The number of cyclic esters (lactones) is 1. The van der Waals surface area contributed by atoms with Crippen LogP contribution in [0, 0.1) is 0 Å². The lowest BCUT2D eigenvalue weighted by molar-refractivity contribution is -0.192. The van der Waals surface area contributed by atoms with Crippen LogP contribution in [0.4, 0.5) is 18.0 Å². The lowest BCUT2D eigenvalue weighted by atomic mass is 9.86. The fraction of sp³-hybridized carbons (Fsp3) is 0.500. The lowest BCUT2D eigenvalue weighted by Crippen LogP contribution is -2.44. The number of ether oxygens (including phenoxy) is 2. The highest BCUT2D eigenvalue weighted by Crippen LogP contribution is 2.40. The molecular weight excluding hydrogens is 663 g/mol. The highest BCUT2D eigenvalue weighted by Gasteiger charge is 2.45. The van der Waals surface area contributed by atoms with Gasteiger partial charge in [-0.05, 0) is 58.4 Å². The van der Waals surface area contributed by atoms with Crippen molar-refractivity contribution in [3.8, 4) is 17.1 Å². The van der Waals surface area contributed by atoms with Gasteiger partial charge < -0.3 is 34.5 Å². The second-order valence-corrected chi connectivity index (χ2v) is 13.0. The van der Waals surface area contributed by atoms with Gasteiger partial charge in [0.2, 0.25) is 0 Å². The number of esters is 1. The largest absolute Gasteiger partial charge is 0.490 e. The number of piperazine rings is 1. The van der Waals surface area contributed by atoms with E-state index in [0.29, 0.717) is 46.9 Å². The Balaban J connectivity index is 0.000000630. The summed E-state index contributed by atoms with van der Waals surface area (Å²) >= 11 is 0. The fourth-order valence-electron chi connectivity index (χ4n) is 6.61. The van der Waals surface area contributed by atoms with Crippen molar-refractivity contribution in [1.29, 1.82) is 0 Å². The Bertz CT molecular complexity index is 1880. The van der Waals surface area contributed by atoms with Gasteiger partial charge in [-0.25, -0.2) is 19.4 Å². The smallest absolute Gasteiger partial charge is 0.475 e. The molecule has 270 valence electrons. The molecular formula is C34H40F3N5O8. The molecule has 6 rings (SSSR count). The van der Waals surface area contributed by atoms with Gasteiger partial charge in [0.25, 0.3) is 5.56 Å². The molecule has 5 heterocycles. The summed E-state index contributed by atoms with van der Waals surface area (Å²) in [5, 5.41) is 22.5. The molecule has 0 radical (unpaired) electrons. The van der Waals surface area contributed by atoms with Crippen molar-refractivity contribution in [1.82, 2.24) is 24.7 Å². The number of carbonyl (C=O) groups excluding carboxylic acids is 2. The minimum Gasteiger partial charge on any atom is -0.475 e. The van der Waals surface area contributed by atoms with E-state index in [1.54, 1.807) is 28.5 Å². The van der Waals surface area contributed by atoms with Crippen LogP contribution in [0.5, 0.6) is 5.75 Å². The summed E-state index contributed by atoms with van der Waals surface area (Å²) in [4.78, 5) is 57.4. The van der Waals surface area contributed by atoms with E-state index in [2.05, 4.69) is 10.2 Å². The maximum atomic E-state index is 13.6. The van der Waals surface area contributed by atoms with E-state index in [1.165, 1.54) is 0 Å². The first-order valence-electron chi connectivity index (χ1n) is 16.3. The van der Waals surface area contributed by atoms with Gasteiger partial charge >= 0.3 is 24.2 Å². The number of nitrogens with one attached hydrogen (secondary N) is 1. The van der Waals surface area contributed by atoms with Gasteiger partial charge in [-0.1, -0.05) is 6.92 Å². The van der Waals surface area contributed by atoms with Crippen molar-refractivity contribution in [2.45, 2.75) is 84.6 Å². The van der Waals surface area contributed by atoms with Crippen LogP contribution in [-0.4, -0.2) is 92.0 Å². The highest BCUT2D eigenvalue weighted by molar-refractivity contribution is 5.90. The van der Waals surface area contributed by atoms with E-state index in [1.807, 2.05) is 39.8 Å². The van der Waals surface area contributed by atoms with Gasteiger partial charge in [-0.3, -0.25) is 9.69 Å². The molecule has 0 saturated carbocycles. The standard InChI is InChI=1S/C32H39N5O6.C2HF3O2/c1-6-32(41)24-14-26-28-20(15-36(26)29(38)23(24)17-42-30(32)39)13-21-22(16-35-11-9-33-10-12-35)27(8-7-25(21)34-28)43-31(40)37(18(2)3)19(4)5;3-2(4,5)1(6)7/h7-8,13-14,18-19,33,41H,6,9-12,15-17H2,1-5H3;(H,6,7)/t32-;/m0./s1. The number of benzene rings is 1. The van der Waals surface area contributed by atoms with Gasteiger partial charge in [-0.2, -0.15) is 13.2 Å². The van der Waals surface area contributed by atoms with Gasteiger partial charge in [0.15, 0.2) is 5.60 Å². The second kappa shape index (κ2) is 14.0. The summed E-state index contributed by atoms with van der Waals surface area (Å²) in [6.45, 7) is 13.7. The minimum atomic E-state index is -5.08. The number of fused-ring (bicyclic) bond motifs is 5. The molecule has 1 saturated heterocycles. The van der Waals surface area contributed by atoms with Crippen molar-refractivity contribution in [3.63, 3.8) is 0 Å². The third-order valence-electron chi connectivity index (χ3n) is 9.11. The van der Waals surface area contributed by atoms with E-state index in [-0.39, 0.29) is 30.7 Å².